The summed E-state index contributed by atoms with van der Waals surface area (Å²) in [4.78, 5) is 10.8. The van der Waals surface area contributed by atoms with Crippen molar-refractivity contribution in [2.75, 3.05) is 6.61 Å². The minimum atomic E-state index is -1.22. The van der Waals surface area contributed by atoms with Gasteiger partial charge in [-0.25, -0.2) is 4.79 Å². The van der Waals surface area contributed by atoms with Gasteiger partial charge in [0.15, 0.2) is 0 Å². The summed E-state index contributed by atoms with van der Waals surface area (Å²) >= 11 is 0. The Morgan fingerprint density at radius 2 is 2.20 bits per heavy atom. The third kappa shape index (κ3) is 5.57. The van der Waals surface area contributed by atoms with Crippen LogP contribution in [-0.4, -0.2) is 17.7 Å². The zero-order chi connectivity index (χ0) is 14.8. The van der Waals surface area contributed by atoms with Crippen molar-refractivity contribution in [3.05, 3.63) is 35.4 Å². The first-order valence-corrected chi connectivity index (χ1v) is 6.75. The lowest BCUT2D eigenvalue weighted by molar-refractivity contribution is -0.132. The van der Waals surface area contributed by atoms with Gasteiger partial charge >= 0.3 is 5.97 Å². The van der Waals surface area contributed by atoms with Crippen molar-refractivity contribution in [1.29, 1.82) is 5.26 Å². The van der Waals surface area contributed by atoms with E-state index >= 15 is 0 Å². The highest BCUT2D eigenvalue weighted by atomic mass is 16.5. The van der Waals surface area contributed by atoms with Crippen molar-refractivity contribution in [2.45, 2.75) is 32.6 Å². The van der Waals surface area contributed by atoms with Crippen molar-refractivity contribution in [3.8, 4) is 11.8 Å². The van der Waals surface area contributed by atoms with Crippen molar-refractivity contribution >= 4 is 12.0 Å². The number of nitrogens with zero attached hydrogens (tertiary/aromatic N) is 1. The zero-order valence-electron chi connectivity index (χ0n) is 11.6. The third-order valence-corrected chi connectivity index (χ3v) is 2.79. The van der Waals surface area contributed by atoms with Gasteiger partial charge in [-0.15, -0.1) is 0 Å². The lowest BCUT2D eigenvalue weighted by Crippen LogP contribution is -1.98. The maximum absolute atomic E-state index is 10.8. The largest absolute Gasteiger partial charge is 0.494 e. The SMILES string of the molecule is CCCCCCOc1cccc(/C=C(/C#N)C(=O)O)c1. The van der Waals surface area contributed by atoms with E-state index in [0.29, 0.717) is 17.9 Å². The Morgan fingerprint density at radius 3 is 2.85 bits per heavy atom. The summed E-state index contributed by atoms with van der Waals surface area (Å²) in [5.41, 5.74) is 0.361. The maximum atomic E-state index is 10.8. The molecule has 0 fully saturated rings. The fourth-order valence-electron chi connectivity index (χ4n) is 1.72. The highest BCUT2D eigenvalue weighted by Crippen LogP contribution is 2.16. The number of hydrogen-bond acceptors (Lipinski definition) is 3. The molecule has 0 spiro atoms. The molecule has 1 aromatic rings. The molecule has 106 valence electrons. The van der Waals surface area contributed by atoms with E-state index in [1.807, 2.05) is 6.07 Å². The maximum Gasteiger partial charge on any atom is 0.346 e. The molecule has 0 bridgehead atoms. The van der Waals surface area contributed by atoms with E-state index in [9.17, 15) is 4.79 Å². The highest BCUT2D eigenvalue weighted by Gasteiger charge is 2.05. The van der Waals surface area contributed by atoms with Crippen molar-refractivity contribution in [2.24, 2.45) is 0 Å². The summed E-state index contributed by atoms with van der Waals surface area (Å²) in [6.07, 6.45) is 5.88. The summed E-state index contributed by atoms with van der Waals surface area (Å²) in [7, 11) is 0. The molecule has 0 radical (unpaired) electrons. The predicted molar refractivity (Wildman–Crippen MR) is 77.3 cm³/mol. The Bertz CT molecular complexity index is 515. The number of carboxylic acid groups (broad SMARTS) is 1. The highest BCUT2D eigenvalue weighted by molar-refractivity contribution is 5.96. The van der Waals surface area contributed by atoms with Crippen molar-refractivity contribution in [3.63, 3.8) is 0 Å². The van der Waals surface area contributed by atoms with Crippen LogP contribution in [0.4, 0.5) is 0 Å². The molecule has 1 aromatic carbocycles. The monoisotopic (exact) mass is 273 g/mol. The molecule has 0 amide bonds. The van der Waals surface area contributed by atoms with Gasteiger partial charge in [0.1, 0.15) is 17.4 Å². The Morgan fingerprint density at radius 1 is 1.40 bits per heavy atom. The lowest BCUT2D eigenvalue weighted by atomic mass is 10.1. The van der Waals surface area contributed by atoms with Crippen LogP contribution in [0.15, 0.2) is 29.8 Å². The molecule has 20 heavy (non-hydrogen) atoms. The van der Waals surface area contributed by atoms with Gasteiger partial charge in [-0.05, 0) is 30.2 Å². The van der Waals surface area contributed by atoms with Crippen LogP contribution >= 0.6 is 0 Å². The average Bonchev–Trinajstić information content (AvgIpc) is 2.44. The molecule has 4 heteroatoms. The molecule has 4 nitrogen and oxygen atoms in total. The van der Waals surface area contributed by atoms with E-state index in [4.69, 9.17) is 15.1 Å². The molecule has 0 atom stereocenters. The number of ether oxygens (including phenoxy) is 1. The first kappa shape index (κ1) is 15.8. The quantitative estimate of drug-likeness (QED) is 0.446. The number of rotatable bonds is 8. The van der Waals surface area contributed by atoms with E-state index in [1.165, 1.54) is 18.9 Å². The van der Waals surface area contributed by atoms with Crippen molar-refractivity contribution < 1.29 is 14.6 Å². The van der Waals surface area contributed by atoms with E-state index in [1.54, 1.807) is 24.3 Å². The second-order valence-electron chi connectivity index (χ2n) is 4.46. The van der Waals surface area contributed by atoms with E-state index < -0.39 is 5.97 Å². The molecular formula is C16H19NO3. The molecule has 0 aliphatic rings. The van der Waals surface area contributed by atoms with Gasteiger partial charge in [-0.3, -0.25) is 0 Å². The van der Waals surface area contributed by atoms with Crippen LogP contribution in [-0.2, 0) is 4.79 Å². The van der Waals surface area contributed by atoms with E-state index in [0.717, 1.165) is 12.8 Å². The second kappa shape index (κ2) is 8.76. The lowest BCUT2D eigenvalue weighted by Gasteiger charge is -2.06. The molecule has 0 saturated carbocycles. The molecule has 0 aliphatic carbocycles. The zero-order valence-corrected chi connectivity index (χ0v) is 11.6. The molecule has 0 saturated heterocycles. The minimum absolute atomic E-state index is 0.287. The summed E-state index contributed by atoms with van der Waals surface area (Å²) in [6, 6.07) is 8.74. The summed E-state index contributed by atoms with van der Waals surface area (Å²) in [5, 5.41) is 17.5. The van der Waals surface area contributed by atoms with E-state index in [-0.39, 0.29) is 5.57 Å². The van der Waals surface area contributed by atoms with Crippen molar-refractivity contribution in [1.82, 2.24) is 0 Å². The molecule has 0 aromatic heterocycles. The van der Waals surface area contributed by atoms with Crippen LogP contribution in [0.2, 0.25) is 0 Å². The topological polar surface area (TPSA) is 70.3 Å². The Hall–Kier alpha value is -2.28. The van der Waals surface area contributed by atoms with Crippen LogP contribution in [0.5, 0.6) is 5.75 Å². The van der Waals surface area contributed by atoms with Gasteiger partial charge in [-0.2, -0.15) is 5.26 Å². The fraction of sp³-hybridized carbons (Fsp3) is 0.375. The van der Waals surface area contributed by atoms with Crippen LogP contribution < -0.4 is 4.74 Å². The van der Waals surface area contributed by atoms with E-state index in [2.05, 4.69) is 6.92 Å². The normalized spacial score (nSPS) is 10.9. The van der Waals surface area contributed by atoms with Gasteiger partial charge in [0.05, 0.1) is 6.61 Å². The Labute approximate surface area is 119 Å². The standard InChI is InChI=1S/C16H19NO3/c1-2-3-4-5-9-20-15-8-6-7-13(11-15)10-14(12-17)16(18)19/h6-8,10-11H,2-5,9H2,1H3,(H,18,19)/b14-10-. The second-order valence-corrected chi connectivity index (χ2v) is 4.46. The van der Waals surface area contributed by atoms with Gasteiger partial charge in [-0.1, -0.05) is 38.3 Å². The summed E-state index contributed by atoms with van der Waals surface area (Å²) in [6.45, 7) is 2.81. The number of benzene rings is 1. The average molecular weight is 273 g/mol. The first-order chi connectivity index (χ1) is 9.67. The number of aliphatic carboxylic acids is 1. The molecule has 0 heterocycles. The first-order valence-electron chi connectivity index (χ1n) is 6.75. The molecule has 0 unspecified atom stereocenters. The van der Waals surface area contributed by atoms with Gasteiger partial charge < -0.3 is 9.84 Å². The fourth-order valence-corrected chi connectivity index (χ4v) is 1.72. The summed E-state index contributed by atoms with van der Waals surface area (Å²) < 4.78 is 5.61. The minimum Gasteiger partial charge on any atom is -0.494 e. The van der Waals surface area contributed by atoms with Crippen LogP contribution in [0.3, 0.4) is 0 Å². The number of carboxylic acids is 1. The smallest absolute Gasteiger partial charge is 0.346 e. The number of carbonyl (C=O) groups is 1. The predicted octanol–water partition coefficient (Wildman–Crippen LogP) is 3.64. The van der Waals surface area contributed by atoms with Gasteiger partial charge in [0.25, 0.3) is 0 Å². The number of nitriles is 1. The molecule has 0 aliphatic heterocycles. The van der Waals surface area contributed by atoms with Crippen LogP contribution in [0, 0.1) is 11.3 Å². The Balaban J connectivity index is 2.62. The van der Waals surface area contributed by atoms with Gasteiger partial charge in [0, 0.05) is 0 Å². The number of hydrogen-bond donors (Lipinski definition) is 1. The van der Waals surface area contributed by atoms with Gasteiger partial charge in [0.2, 0.25) is 0 Å². The summed E-state index contributed by atoms with van der Waals surface area (Å²) in [5.74, 6) is -0.531. The molecule has 1 rings (SSSR count). The van der Waals surface area contributed by atoms with Crippen LogP contribution in [0.25, 0.3) is 6.08 Å². The number of unbranched alkanes of at least 4 members (excludes halogenated alkanes) is 3. The molecular weight excluding hydrogens is 254 g/mol. The van der Waals surface area contributed by atoms with Crippen LogP contribution in [0.1, 0.15) is 38.2 Å². The Kier molecular flexibility index (Phi) is 6.91. The molecule has 1 N–H and O–H groups in total. The third-order valence-electron chi connectivity index (χ3n) is 2.79.